The molecule has 1 aromatic heterocycles. The molecular formula is C14H13N5O3. The molecule has 0 fully saturated rings. The van der Waals surface area contributed by atoms with Gasteiger partial charge in [0.15, 0.2) is 0 Å². The molecule has 2 amide bonds. The minimum Gasteiger partial charge on any atom is -0.395 e. The Morgan fingerprint density at radius 2 is 1.95 bits per heavy atom. The number of aliphatic hydroxyl groups is 1. The van der Waals surface area contributed by atoms with Crippen LogP contribution in [0, 0.1) is 0 Å². The van der Waals surface area contributed by atoms with E-state index in [2.05, 4.69) is 15.4 Å². The summed E-state index contributed by atoms with van der Waals surface area (Å²) >= 11 is 0. The van der Waals surface area contributed by atoms with Crippen LogP contribution in [0.3, 0.4) is 0 Å². The fourth-order valence-corrected chi connectivity index (χ4v) is 2.10. The molecule has 1 aliphatic rings. The first-order chi connectivity index (χ1) is 10.7. The van der Waals surface area contributed by atoms with Crippen LogP contribution in [0.25, 0.3) is 5.69 Å². The average molecular weight is 299 g/mol. The van der Waals surface area contributed by atoms with E-state index in [1.165, 1.54) is 12.4 Å². The van der Waals surface area contributed by atoms with Crippen LogP contribution in [-0.4, -0.2) is 49.7 Å². The van der Waals surface area contributed by atoms with Gasteiger partial charge in [0.05, 0.1) is 18.8 Å². The number of nitrogens with one attached hydrogen (secondary N) is 1. The van der Waals surface area contributed by atoms with Crippen molar-refractivity contribution in [2.45, 2.75) is 0 Å². The molecule has 3 rings (SSSR count). The largest absolute Gasteiger partial charge is 0.395 e. The summed E-state index contributed by atoms with van der Waals surface area (Å²) in [5.41, 5.74) is 1.68. The Kier molecular flexibility index (Phi) is 3.67. The maximum absolute atomic E-state index is 12.0. The second-order valence-electron chi connectivity index (χ2n) is 4.59. The van der Waals surface area contributed by atoms with Crippen molar-refractivity contribution in [3.8, 4) is 5.69 Å². The molecule has 112 valence electrons. The lowest BCUT2D eigenvalue weighted by Crippen LogP contribution is -2.34. The maximum Gasteiger partial charge on any atom is 0.277 e. The predicted octanol–water partition coefficient (Wildman–Crippen LogP) is -0.0758. The van der Waals surface area contributed by atoms with E-state index in [1.54, 1.807) is 23.1 Å². The van der Waals surface area contributed by atoms with Crippen molar-refractivity contribution < 1.29 is 14.7 Å². The van der Waals surface area contributed by atoms with Crippen LogP contribution in [-0.2, 0) is 9.59 Å². The summed E-state index contributed by atoms with van der Waals surface area (Å²) < 4.78 is 1.61. The Labute approximate surface area is 125 Å². The number of amides is 2. The number of anilines is 1. The molecule has 2 heterocycles. The molecular weight excluding hydrogens is 286 g/mol. The molecule has 0 aliphatic carbocycles. The van der Waals surface area contributed by atoms with Crippen molar-refractivity contribution in [1.82, 2.24) is 19.7 Å². The molecule has 0 spiro atoms. The highest BCUT2D eigenvalue weighted by Gasteiger charge is 2.30. The summed E-state index contributed by atoms with van der Waals surface area (Å²) in [4.78, 5) is 28.5. The Balaban J connectivity index is 1.73. The number of imide groups is 1. The molecule has 0 radical (unpaired) electrons. The van der Waals surface area contributed by atoms with Crippen LogP contribution in [0.2, 0.25) is 0 Å². The standard InChI is InChI=1S/C14H13N5O3/c20-6-5-18-13(21)7-12(14(18)22)17-10-1-3-11(4-2-10)19-9-15-8-16-19/h1-4,7-9,17,20H,5-6H2. The van der Waals surface area contributed by atoms with Crippen LogP contribution < -0.4 is 5.32 Å². The van der Waals surface area contributed by atoms with Gasteiger partial charge in [-0.25, -0.2) is 9.67 Å². The number of hydrogen-bond donors (Lipinski definition) is 2. The van der Waals surface area contributed by atoms with Crippen molar-refractivity contribution in [1.29, 1.82) is 0 Å². The first kappa shape index (κ1) is 14.0. The van der Waals surface area contributed by atoms with Gasteiger partial charge < -0.3 is 10.4 Å². The third kappa shape index (κ3) is 2.59. The van der Waals surface area contributed by atoms with E-state index in [-0.39, 0.29) is 18.8 Å². The molecule has 0 saturated heterocycles. The Bertz CT molecular complexity index is 721. The quantitative estimate of drug-likeness (QED) is 0.749. The van der Waals surface area contributed by atoms with Gasteiger partial charge in [0.1, 0.15) is 18.4 Å². The molecule has 1 aliphatic heterocycles. The van der Waals surface area contributed by atoms with Crippen molar-refractivity contribution >= 4 is 17.5 Å². The van der Waals surface area contributed by atoms with Gasteiger partial charge in [0.25, 0.3) is 11.8 Å². The highest BCUT2D eigenvalue weighted by atomic mass is 16.3. The fourth-order valence-electron chi connectivity index (χ4n) is 2.10. The van der Waals surface area contributed by atoms with Crippen LogP contribution in [0.15, 0.2) is 48.7 Å². The zero-order valence-corrected chi connectivity index (χ0v) is 11.5. The molecule has 0 atom stereocenters. The predicted molar refractivity (Wildman–Crippen MR) is 76.9 cm³/mol. The van der Waals surface area contributed by atoms with Crippen LogP contribution in [0.5, 0.6) is 0 Å². The molecule has 2 N–H and O–H groups in total. The van der Waals surface area contributed by atoms with E-state index in [0.29, 0.717) is 5.69 Å². The lowest BCUT2D eigenvalue weighted by molar-refractivity contribution is -0.137. The van der Waals surface area contributed by atoms with Gasteiger partial charge in [-0.1, -0.05) is 0 Å². The average Bonchev–Trinajstić information content (AvgIpc) is 3.13. The summed E-state index contributed by atoms with van der Waals surface area (Å²) in [6.45, 7) is -0.268. The van der Waals surface area contributed by atoms with E-state index in [9.17, 15) is 9.59 Å². The molecule has 8 heteroatoms. The summed E-state index contributed by atoms with van der Waals surface area (Å²) in [7, 11) is 0. The molecule has 22 heavy (non-hydrogen) atoms. The fraction of sp³-hybridized carbons (Fsp3) is 0.143. The molecule has 2 aromatic rings. The SMILES string of the molecule is O=C1C=C(Nc2ccc(-n3cncn3)cc2)C(=O)N1CCO. The van der Waals surface area contributed by atoms with Crippen molar-refractivity contribution in [3.63, 3.8) is 0 Å². The topological polar surface area (TPSA) is 100 Å². The Morgan fingerprint density at radius 3 is 2.59 bits per heavy atom. The van der Waals surface area contributed by atoms with E-state index < -0.39 is 11.8 Å². The van der Waals surface area contributed by atoms with Gasteiger partial charge in [-0.05, 0) is 24.3 Å². The number of rotatable bonds is 5. The Morgan fingerprint density at radius 1 is 1.18 bits per heavy atom. The number of benzene rings is 1. The first-order valence-corrected chi connectivity index (χ1v) is 6.59. The lowest BCUT2D eigenvalue weighted by Gasteiger charge is -2.13. The van der Waals surface area contributed by atoms with E-state index in [1.807, 2.05) is 12.1 Å². The number of hydrogen-bond acceptors (Lipinski definition) is 6. The van der Waals surface area contributed by atoms with E-state index in [0.717, 1.165) is 10.6 Å². The van der Waals surface area contributed by atoms with Gasteiger partial charge in [-0.15, -0.1) is 0 Å². The van der Waals surface area contributed by atoms with E-state index >= 15 is 0 Å². The second kappa shape index (κ2) is 5.78. The summed E-state index contributed by atoms with van der Waals surface area (Å²) in [5, 5.41) is 15.8. The summed E-state index contributed by atoms with van der Waals surface area (Å²) in [6.07, 6.45) is 4.25. The molecule has 0 unspecified atom stereocenters. The van der Waals surface area contributed by atoms with Crippen molar-refractivity contribution in [2.75, 3.05) is 18.5 Å². The van der Waals surface area contributed by atoms with Gasteiger partial charge in [-0.3, -0.25) is 14.5 Å². The second-order valence-corrected chi connectivity index (χ2v) is 4.59. The third-order valence-electron chi connectivity index (χ3n) is 3.16. The highest BCUT2D eigenvalue weighted by Crippen LogP contribution is 2.18. The molecule has 1 aromatic carbocycles. The zero-order chi connectivity index (χ0) is 15.5. The van der Waals surface area contributed by atoms with Crippen LogP contribution in [0.4, 0.5) is 5.69 Å². The van der Waals surface area contributed by atoms with Gasteiger partial charge in [0.2, 0.25) is 0 Å². The number of carbonyl (C=O) groups is 2. The van der Waals surface area contributed by atoms with Gasteiger partial charge >= 0.3 is 0 Å². The number of β-amino-alcohol motifs (C(OH)–C–C–N with tert-alkyl or cyclic N) is 1. The minimum absolute atomic E-state index is 0.00934. The van der Waals surface area contributed by atoms with Crippen molar-refractivity contribution in [2.24, 2.45) is 0 Å². The number of aliphatic hydroxyl groups excluding tert-OH is 1. The maximum atomic E-state index is 12.0. The summed E-state index contributed by atoms with van der Waals surface area (Å²) in [6, 6.07) is 7.16. The van der Waals surface area contributed by atoms with E-state index in [4.69, 9.17) is 5.11 Å². The first-order valence-electron chi connectivity index (χ1n) is 6.59. The van der Waals surface area contributed by atoms with Gasteiger partial charge in [-0.2, -0.15) is 5.10 Å². The normalized spacial score (nSPS) is 14.4. The monoisotopic (exact) mass is 299 g/mol. The van der Waals surface area contributed by atoms with Gasteiger partial charge in [0, 0.05) is 11.8 Å². The van der Waals surface area contributed by atoms with Crippen LogP contribution >= 0.6 is 0 Å². The van der Waals surface area contributed by atoms with Crippen molar-refractivity contribution in [3.05, 3.63) is 48.7 Å². The third-order valence-corrected chi connectivity index (χ3v) is 3.16. The minimum atomic E-state index is -0.445. The van der Waals surface area contributed by atoms with Crippen LogP contribution in [0.1, 0.15) is 0 Å². The molecule has 0 bridgehead atoms. The summed E-state index contributed by atoms with van der Waals surface area (Å²) in [5.74, 6) is -0.875. The highest BCUT2D eigenvalue weighted by molar-refractivity contribution is 6.17. The lowest BCUT2D eigenvalue weighted by atomic mass is 10.2. The number of carbonyl (C=O) groups excluding carboxylic acids is 2. The zero-order valence-electron chi connectivity index (χ0n) is 11.5. The smallest absolute Gasteiger partial charge is 0.277 e. The number of nitrogens with zero attached hydrogens (tertiary/aromatic N) is 4. The number of aromatic nitrogens is 3. The molecule has 0 saturated carbocycles. The Hall–Kier alpha value is -3.00. The molecule has 8 nitrogen and oxygen atoms in total.